The minimum atomic E-state index is -0.111. The Hall–Kier alpha value is -4.05. The molecule has 2 atom stereocenters. The highest BCUT2D eigenvalue weighted by Gasteiger charge is 2.59. The topological polar surface area (TPSA) is 34.6 Å². The summed E-state index contributed by atoms with van der Waals surface area (Å²) in [6.45, 7) is 13.5. The van der Waals surface area contributed by atoms with Crippen molar-refractivity contribution in [2.75, 3.05) is 0 Å². The zero-order chi connectivity index (χ0) is 28.6. The summed E-state index contributed by atoms with van der Waals surface area (Å²) >= 11 is 0. The Morgan fingerprint density at radius 1 is 0.951 bits per heavy atom. The predicted molar refractivity (Wildman–Crippen MR) is 169 cm³/mol. The molecule has 1 aliphatic rings. The number of benzene rings is 3. The summed E-state index contributed by atoms with van der Waals surface area (Å²) < 4.78 is 4.50. The quantitative estimate of drug-likeness (QED) is 0.138. The highest BCUT2D eigenvalue weighted by molar-refractivity contribution is 5.94. The van der Waals surface area contributed by atoms with Crippen LogP contribution in [0.15, 0.2) is 97.8 Å². The van der Waals surface area contributed by atoms with Crippen molar-refractivity contribution in [2.45, 2.75) is 77.2 Å². The van der Waals surface area contributed by atoms with Crippen molar-refractivity contribution in [3.05, 3.63) is 109 Å². The molecular formula is C37H41N4+. The van der Waals surface area contributed by atoms with Crippen LogP contribution >= 0.6 is 0 Å². The maximum Gasteiger partial charge on any atom is 0.221 e. The van der Waals surface area contributed by atoms with Crippen molar-refractivity contribution < 1.29 is 4.57 Å². The lowest BCUT2D eigenvalue weighted by Crippen LogP contribution is -2.68. The molecule has 2 aromatic heterocycles. The van der Waals surface area contributed by atoms with E-state index in [-0.39, 0.29) is 11.0 Å². The Morgan fingerprint density at radius 2 is 1.80 bits per heavy atom. The van der Waals surface area contributed by atoms with Crippen LogP contribution in [0.3, 0.4) is 0 Å². The summed E-state index contributed by atoms with van der Waals surface area (Å²) in [5.41, 5.74) is 8.15. The van der Waals surface area contributed by atoms with E-state index in [1.807, 2.05) is 4.68 Å². The van der Waals surface area contributed by atoms with Gasteiger partial charge in [0.15, 0.2) is 11.7 Å². The summed E-state index contributed by atoms with van der Waals surface area (Å²) in [6.07, 6.45) is 12.9. The van der Waals surface area contributed by atoms with Gasteiger partial charge >= 0.3 is 0 Å². The first-order chi connectivity index (χ1) is 20.0. The number of hydrogen-bond donors (Lipinski definition) is 0. The zero-order valence-electron chi connectivity index (χ0n) is 24.9. The largest absolute Gasteiger partial charge is 0.221 e. The SMILES string of the molecule is C=CCC1(CC)[n+]2ccc3ccccc3c2-c2cc(-n3cc(-c4cccc(CCCC)c4)nn3)ccc2C1(C)CC. The number of aryl methyl sites for hydroxylation is 1. The van der Waals surface area contributed by atoms with E-state index in [1.54, 1.807) is 0 Å². The minimum absolute atomic E-state index is 0.0730. The number of hydrogen-bond acceptors (Lipinski definition) is 2. The number of allylic oxidation sites excluding steroid dienone is 1. The molecule has 0 bridgehead atoms. The number of unbranched alkanes of at least 4 members (excludes halogenated alkanes) is 1. The molecule has 0 spiro atoms. The first kappa shape index (κ1) is 27.1. The number of aromatic nitrogens is 4. The van der Waals surface area contributed by atoms with Crippen LogP contribution in [-0.2, 0) is 17.4 Å². The van der Waals surface area contributed by atoms with E-state index >= 15 is 0 Å². The highest BCUT2D eigenvalue weighted by atomic mass is 15.4. The summed E-state index contributed by atoms with van der Waals surface area (Å²) in [5.74, 6) is 0. The molecule has 3 aromatic carbocycles. The predicted octanol–water partition coefficient (Wildman–Crippen LogP) is 8.75. The fourth-order valence-electron chi connectivity index (χ4n) is 7.29. The average Bonchev–Trinajstić information content (AvgIpc) is 3.52. The number of nitrogens with zero attached hydrogens (tertiary/aromatic N) is 4. The molecule has 208 valence electrons. The van der Waals surface area contributed by atoms with E-state index in [0.29, 0.717) is 0 Å². The van der Waals surface area contributed by atoms with Crippen LogP contribution in [-0.4, -0.2) is 15.0 Å². The molecular weight excluding hydrogens is 500 g/mol. The molecule has 41 heavy (non-hydrogen) atoms. The van der Waals surface area contributed by atoms with Gasteiger partial charge in [-0.15, -0.1) is 11.7 Å². The van der Waals surface area contributed by atoms with Crippen molar-refractivity contribution in [3.8, 4) is 28.2 Å². The van der Waals surface area contributed by atoms with Crippen molar-refractivity contribution >= 4 is 10.8 Å². The normalized spacial score (nSPS) is 19.6. The Bertz CT molecular complexity index is 1730. The van der Waals surface area contributed by atoms with E-state index in [0.717, 1.165) is 42.6 Å². The standard InChI is InChI=1S/C37H41N4/c1-6-10-14-27-15-13-17-29(24-27)34-26-41(39-38-34)30-19-20-33-32(25-30)35-31-18-12-11-16-28(31)21-23-40(35)37(9-4,22-7-2)36(33,5)8-3/h7,11-13,15-21,23-26H,2,6,8-10,14,22H2,1,3-5H3/q+1. The van der Waals surface area contributed by atoms with E-state index in [9.17, 15) is 0 Å². The van der Waals surface area contributed by atoms with E-state index in [2.05, 4.69) is 140 Å². The van der Waals surface area contributed by atoms with E-state index in [1.165, 1.54) is 46.0 Å². The zero-order valence-corrected chi connectivity index (χ0v) is 24.9. The van der Waals surface area contributed by atoms with Crippen molar-refractivity contribution in [1.82, 2.24) is 15.0 Å². The molecule has 3 heterocycles. The van der Waals surface area contributed by atoms with Crippen molar-refractivity contribution in [2.24, 2.45) is 0 Å². The lowest BCUT2D eigenvalue weighted by molar-refractivity contribution is -0.767. The second-order valence-electron chi connectivity index (χ2n) is 11.8. The molecule has 5 aromatic rings. The Labute approximate surface area is 244 Å². The van der Waals surface area contributed by atoms with Crippen molar-refractivity contribution in [1.29, 1.82) is 0 Å². The van der Waals surface area contributed by atoms with Gasteiger partial charge in [-0.05, 0) is 67.0 Å². The van der Waals surface area contributed by atoms with Crippen LogP contribution in [0.2, 0.25) is 0 Å². The van der Waals surface area contributed by atoms with Crippen LogP contribution in [0, 0.1) is 0 Å². The molecule has 0 saturated heterocycles. The third kappa shape index (κ3) is 4.23. The smallest absolute Gasteiger partial charge is 0.220 e. The molecule has 0 fully saturated rings. The molecule has 2 unspecified atom stereocenters. The first-order valence-corrected chi connectivity index (χ1v) is 15.2. The number of rotatable bonds is 9. The van der Waals surface area contributed by atoms with E-state index in [4.69, 9.17) is 0 Å². The Balaban J connectivity index is 1.53. The monoisotopic (exact) mass is 541 g/mol. The fraction of sp³-hybridized carbons (Fsp3) is 0.324. The van der Waals surface area contributed by atoms with Crippen LogP contribution in [0.4, 0.5) is 0 Å². The van der Waals surface area contributed by atoms with Crippen molar-refractivity contribution in [3.63, 3.8) is 0 Å². The number of pyridine rings is 1. The molecule has 4 nitrogen and oxygen atoms in total. The molecule has 0 amide bonds. The Morgan fingerprint density at radius 3 is 2.59 bits per heavy atom. The summed E-state index contributed by atoms with van der Waals surface area (Å²) in [5, 5.41) is 11.7. The van der Waals surface area contributed by atoms with Gasteiger partial charge in [0, 0.05) is 24.5 Å². The second kappa shape index (κ2) is 10.7. The van der Waals surface area contributed by atoms with Gasteiger partial charge in [0.25, 0.3) is 0 Å². The lowest BCUT2D eigenvalue weighted by Gasteiger charge is -2.48. The summed E-state index contributed by atoms with van der Waals surface area (Å²) in [4.78, 5) is 0. The fourth-order valence-corrected chi connectivity index (χ4v) is 7.29. The van der Waals surface area contributed by atoms with Crippen LogP contribution in [0.25, 0.3) is 39.0 Å². The minimum Gasteiger partial charge on any atom is -0.220 e. The van der Waals surface area contributed by atoms with Crippen LogP contribution in [0.5, 0.6) is 0 Å². The van der Waals surface area contributed by atoms with Gasteiger partial charge < -0.3 is 0 Å². The molecule has 0 aliphatic carbocycles. The summed E-state index contributed by atoms with van der Waals surface area (Å²) in [6, 6.07) is 26.6. The van der Waals surface area contributed by atoms with Gasteiger partial charge in [-0.2, -0.15) is 4.57 Å². The van der Waals surface area contributed by atoms with Gasteiger partial charge in [-0.1, -0.05) is 80.9 Å². The summed E-state index contributed by atoms with van der Waals surface area (Å²) in [7, 11) is 0. The van der Waals surface area contributed by atoms with Crippen LogP contribution in [0.1, 0.15) is 70.9 Å². The van der Waals surface area contributed by atoms with E-state index < -0.39 is 0 Å². The first-order valence-electron chi connectivity index (χ1n) is 15.2. The Kier molecular flexibility index (Phi) is 7.11. The molecule has 0 saturated carbocycles. The van der Waals surface area contributed by atoms with Gasteiger partial charge in [0.1, 0.15) is 5.69 Å². The molecule has 0 radical (unpaired) electrons. The number of fused-ring (bicyclic) bond motifs is 5. The molecule has 0 N–H and O–H groups in total. The van der Waals surface area contributed by atoms with Crippen LogP contribution < -0.4 is 4.57 Å². The third-order valence-corrected chi connectivity index (χ3v) is 9.77. The third-order valence-electron chi connectivity index (χ3n) is 9.77. The second-order valence-corrected chi connectivity index (χ2v) is 11.8. The molecule has 6 rings (SSSR count). The average molecular weight is 542 g/mol. The molecule has 4 heteroatoms. The highest BCUT2D eigenvalue weighted by Crippen LogP contribution is 2.52. The molecule has 1 aliphatic heterocycles. The maximum absolute atomic E-state index is 4.60. The maximum atomic E-state index is 4.60. The van der Waals surface area contributed by atoms with Gasteiger partial charge in [0.05, 0.1) is 28.2 Å². The lowest BCUT2D eigenvalue weighted by atomic mass is 9.58. The van der Waals surface area contributed by atoms with Gasteiger partial charge in [-0.3, -0.25) is 0 Å². The van der Waals surface area contributed by atoms with Gasteiger partial charge in [0.2, 0.25) is 5.69 Å². The van der Waals surface area contributed by atoms with Gasteiger partial charge in [-0.25, -0.2) is 4.68 Å².